The van der Waals surface area contributed by atoms with Crippen molar-refractivity contribution < 1.29 is 23.1 Å². The lowest BCUT2D eigenvalue weighted by atomic mass is 10.1. The van der Waals surface area contributed by atoms with Crippen molar-refractivity contribution in [1.82, 2.24) is 0 Å². The van der Waals surface area contributed by atoms with Gasteiger partial charge in [0, 0.05) is 0 Å². The molecule has 5 heteroatoms. The maximum absolute atomic E-state index is 13.3. The Labute approximate surface area is 91.0 Å². The summed E-state index contributed by atoms with van der Waals surface area (Å²) >= 11 is 0. The minimum absolute atomic E-state index is 0.000532. The van der Waals surface area contributed by atoms with Gasteiger partial charge in [-0.2, -0.15) is 0 Å². The van der Waals surface area contributed by atoms with E-state index in [4.69, 9.17) is 0 Å². The maximum atomic E-state index is 13.3. The molecule has 0 unspecified atom stereocenters. The van der Waals surface area contributed by atoms with Crippen molar-refractivity contribution >= 4 is 11.8 Å². The number of Topliss-reactive ketones (excluding diaryl/α,β-unsaturated/α-hetero) is 1. The van der Waals surface area contributed by atoms with E-state index in [-0.39, 0.29) is 12.2 Å². The van der Waals surface area contributed by atoms with Crippen LogP contribution in [0.2, 0.25) is 0 Å². The fourth-order valence-electron chi connectivity index (χ4n) is 1.13. The Balaban J connectivity index is 3.09. The average Bonchev–Trinajstić information content (AvgIpc) is 2.23. The molecule has 0 aliphatic heterocycles. The second kappa shape index (κ2) is 4.83. The van der Waals surface area contributed by atoms with Crippen LogP contribution in [-0.4, -0.2) is 18.4 Å². The molecule has 3 nitrogen and oxygen atoms in total. The van der Waals surface area contributed by atoms with Crippen molar-refractivity contribution in [3.8, 4) is 0 Å². The summed E-state index contributed by atoms with van der Waals surface area (Å²) in [7, 11) is 0. The number of rotatable bonds is 3. The minimum Gasteiger partial charge on any atom is -0.460 e. The zero-order valence-electron chi connectivity index (χ0n) is 8.84. The fourth-order valence-corrected chi connectivity index (χ4v) is 1.13. The van der Waals surface area contributed by atoms with E-state index in [0.29, 0.717) is 6.07 Å². The smallest absolute Gasteiger partial charge is 0.379 e. The van der Waals surface area contributed by atoms with Crippen LogP contribution in [0.25, 0.3) is 0 Å². The molecule has 0 aliphatic rings. The Morgan fingerprint density at radius 1 is 1.25 bits per heavy atom. The van der Waals surface area contributed by atoms with Crippen LogP contribution in [0.4, 0.5) is 8.78 Å². The Bertz CT molecular complexity index is 441. The SMILES string of the molecule is CCOC(=O)C(=O)c1cc(F)c(C)cc1F. The Morgan fingerprint density at radius 3 is 2.44 bits per heavy atom. The average molecular weight is 228 g/mol. The molecule has 16 heavy (non-hydrogen) atoms. The lowest BCUT2D eigenvalue weighted by Crippen LogP contribution is -2.19. The number of carbonyl (C=O) groups excluding carboxylic acids is 2. The number of halogens is 2. The van der Waals surface area contributed by atoms with Gasteiger partial charge < -0.3 is 4.74 Å². The molecule has 0 N–H and O–H groups in total. The van der Waals surface area contributed by atoms with E-state index < -0.39 is 29.0 Å². The molecule has 0 saturated carbocycles. The maximum Gasteiger partial charge on any atom is 0.379 e. The zero-order valence-corrected chi connectivity index (χ0v) is 8.84. The van der Waals surface area contributed by atoms with Crippen LogP contribution in [0.1, 0.15) is 22.8 Å². The van der Waals surface area contributed by atoms with E-state index >= 15 is 0 Å². The third-order valence-corrected chi connectivity index (χ3v) is 1.95. The third-order valence-electron chi connectivity index (χ3n) is 1.95. The molecule has 0 bridgehead atoms. The highest BCUT2D eigenvalue weighted by Gasteiger charge is 2.22. The molecule has 86 valence electrons. The summed E-state index contributed by atoms with van der Waals surface area (Å²) in [6.07, 6.45) is 0. The van der Waals surface area contributed by atoms with E-state index in [1.165, 1.54) is 13.8 Å². The topological polar surface area (TPSA) is 43.4 Å². The van der Waals surface area contributed by atoms with Gasteiger partial charge in [-0.25, -0.2) is 13.6 Å². The molecular weight excluding hydrogens is 218 g/mol. The molecule has 0 radical (unpaired) electrons. The van der Waals surface area contributed by atoms with Gasteiger partial charge >= 0.3 is 5.97 Å². The number of carbonyl (C=O) groups is 2. The predicted molar refractivity (Wildman–Crippen MR) is 52.1 cm³/mol. The van der Waals surface area contributed by atoms with Gasteiger partial charge in [-0.15, -0.1) is 0 Å². The van der Waals surface area contributed by atoms with Gasteiger partial charge in [0.15, 0.2) is 0 Å². The monoisotopic (exact) mass is 228 g/mol. The van der Waals surface area contributed by atoms with Crippen molar-refractivity contribution in [2.24, 2.45) is 0 Å². The standard InChI is InChI=1S/C11H10F2O3/c1-3-16-11(15)10(14)7-5-8(12)6(2)4-9(7)13/h4-5H,3H2,1-2H3. The summed E-state index contributed by atoms with van der Waals surface area (Å²) in [5, 5.41) is 0. The highest BCUT2D eigenvalue weighted by atomic mass is 19.1. The molecule has 1 rings (SSSR count). The highest BCUT2D eigenvalue weighted by molar-refractivity contribution is 6.40. The molecule has 0 aromatic heterocycles. The molecule has 0 atom stereocenters. The summed E-state index contributed by atoms with van der Waals surface area (Å²) in [4.78, 5) is 22.4. The molecular formula is C11H10F2O3. The Kier molecular flexibility index (Phi) is 3.71. The normalized spacial score (nSPS) is 10.0. The van der Waals surface area contributed by atoms with Crippen LogP contribution in [0.5, 0.6) is 0 Å². The molecule has 0 fully saturated rings. The summed E-state index contributed by atoms with van der Waals surface area (Å²) in [5.41, 5.74) is -0.542. The van der Waals surface area contributed by atoms with Crippen molar-refractivity contribution in [2.45, 2.75) is 13.8 Å². The van der Waals surface area contributed by atoms with Crippen molar-refractivity contribution in [1.29, 1.82) is 0 Å². The van der Waals surface area contributed by atoms with Crippen LogP contribution < -0.4 is 0 Å². The van der Waals surface area contributed by atoms with Gasteiger partial charge in [-0.1, -0.05) is 0 Å². The van der Waals surface area contributed by atoms with Crippen LogP contribution in [-0.2, 0) is 9.53 Å². The largest absolute Gasteiger partial charge is 0.460 e. The van der Waals surface area contributed by atoms with Gasteiger partial charge in [0.05, 0.1) is 12.2 Å². The van der Waals surface area contributed by atoms with Gasteiger partial charge in [-0.05, 0) is 31.5 Å². The summed E-state index contributed by atoms with van der Waals surface area (Å²) in [5.74, 6) is -4.05. The first-order chi connectivity index (χ1) is 7.47. The molecule has 0 spiro atoms. The second-order valence-corrected chi connectivity index (χ2v) is 3.13. The van der Waals surface area contributed by atoms with Crippen molar-refractivity contribution in [2.75, 3.05) is 6.61 Å². The first-order valence-electron chi connectivity index (χ1n) is 4.64. The molecule has 0 saturated heterocycles. The third kappa shape index (κ3) is 2.42. The zero-order chi connectivity index (χ0) is 12.3. The quantitative estimate of drug-likeness (QED) is 0.451. The van der Waals surface area contributed by atoms with Crippen LogP contribution in [0.15, 0.2) is 12.1 Å². The minimum atomic E-state index is -1.19. The van der Waals surface area contributed by atoms with Crippen molar-refractivity contribution in [3.63, 3.8) is 0 Å². The van der Waals surface area contributed by atoms with E-state index in [9.17, 15) is 18.4 Å². The van der Waals surface area contributed by atoms with Crippen molar-refractivity contribution in [3.05, 3.63) is 34.9 Å². The van der Waals surface area contributed by atoms with Gasteiger partial charge in [0.1, 0.15) is 11.6 Å². The number of aryl methyl sites for hydroxylation is 1. The van der Waals surface area contributed by atoms with E-state index in [1.807, 2.05) is 0 Å². The number of benzene rings is 1. The lowest BCUT2D eigenvalue weighted by Gasteiger charge is -2.04. The Hall–Kier alpha value is -1.78. The Morgan fingerprint density at radius 2 is 1.88 bits per heavy atom. The van der Waals surface area contributed by atoms with E-state index in [2.05, 4.69) is 4.74 Å². The highest BCUT2D eigenvalue weighted by Crippen LogP contribution is 2.15. The molecule has 1 aromatic carbocycles. The molecule has 0 amide bonds. The number of hydrogen-bond donors (Lipinski definition) is 0. The van der Waals surface area contributed by atoms with Gasteiger partial charge in [-0.3, -0.25) is 4.79 Å². The number of ketones is 1. The van der Waals surface area contributed by atoms with Crippen LogP contribution in [0, 0.1) is 18.6 Å². The fraction of sp³-hybridized carbons (Fsp3) is 0.273. The van der Waals surface area contributed by atoms with Gasteiger partial charge in [0.2, 0.25) is 0 Å². The van der Waals surface area contributed by atoms with E-state index in [0.717, 1.165) is 6.07 Å². The number of esters is 1. The van der Waals surface area contributed by atoms with E-state index in [1.54, 1.807) is 0 Å². The first kappa shape index (κ1) is 12.3. The lowest BCUT2D eigenvalue weighted by molar-refractivity contribution is -0.137. The van der Waals surface area contributed by atoms with Crippen LogP contribution >= 0.6 is 0 Å². The summed E-state index contributed by atoms with van der Waals surface area (Å²) in [6.45, 7) is 2.87. The predicted octanol–water partition coefficient (Wildman–Crippen LogP) is 2.02. The summed E-state index contributed by atoms with van der Waals surface area (Å²) < 4.78 is 30.8. The first-order valence-corrected chi connectivity index (χ1v) is 4.64. The number of hydrogen-bond acceptors (Lipinski definition) is 3. The molecule has 0 aliphatic carbocycles. The summed E-state index contributed by atoms with van der Waals surface area (Å²) in [6, 6.07) is 1.56. The second-order valence-electron chi connectivity index (χ2n) is 3.13. The number of ether oxygens (including phenoxy) is 1. The van der Waals surface area contributed by atoms with Gasteiger partial charge in [0.25, 0.3) is 5.78 Å². The molecule has 1 aromatic rings. The van der Waals surface area contributed by atoms with Crippen LogP contribution in [0.3, 0.4) is 0 Å². The molecule has 0 heterocycles.